The number of aromatic nitrogens is 20. The van der Waals surface area contributed by atoms with Gasteiger partial charge in [-0.05, 0) is 155 Å². The lowest BCUT2D eigenvalue weighted by Gasteiger charge is -2.71. The Morgan fingerprint density at radius 2 is 0.473 bits per heavy atom. The van der Waals surface area contributed by atoms with Gasteiger partial charge in [-0.2, -0.15) is 19.9 Å². The van der Waals surface area contributed by atoms with Crippen molar-refractivity contribution < 1.29 is 79.0 Å². The van der Waals surface area contributed by atoms with Gasteiger partial charge in [-0.15, -0.1) is 20.4 Å². The van der Waals surface area contributed by atoms with Crippen molar-refractivity contribution in [2.24, 2.45) is 0 Å². The number of carbonyl (C=O) groups excluding carboxylic acids is 4. The van der Waals surface area contributed by atoms with Gasteiger partial charge in [0.2, 0.25) is 0 Å². The van der Waals surface area contributed by atoms with Crippen molar-refractivity contribution in [3.63, 3.8) is 0 Å². The van der Waals surface area contributed by atoms with Crippen LogP contribution in [0.5, 0.6) is 0 Å². The SMILES string of the molecule is O=C(Nc1ccn([C@@H]2O[C@H](CO)[C@@H](n3cc(-c4ccc(C56CC7(c8ccc(-c9cn([C@H]%10[C@@H](O)[C@H](n%11ccc(NC(=O)c%12ccccc%12)nc%11=O)O[C@@H]%10CO)nn9)cc8)CC(c8ccc(-c9cn([C@H]%10[C@@H](O)[C@H](n%11ccc(NC(=O)c%12ccccc%12)nc%11=O)O[C@@H]%10CO)nn9)cc8)(C5)CC(c5ccc(-c8cn([C@H]9[C@@H](O)[C@H](n%10ccc(NC(=O)c%11ccccc%11)nc%10=O)O[C@@H]9CO)nn8)cc5)(C6)C7)cc4)nn3)[C@H]2O)c(=O)n1)c1ccccc1. The second-order valence-electron chi connectivity index (χ2n) is 39.0. The molecule has 16 aromatic rings. The molecule has 8 fully saturated rings. The van der Waals surface area contributed by atoms with Crippen LogP contribution in [0.3, 0.4) is 0 Å². The van der Waals surface area contributed by atoms with Gasteiger partial charge in [0.05, 0.1) is 51.2 Å². The minimum absolute atomic E-state index is 0.0369. The number of nitrogens with zero attached hydrogens (tertiary/aromatic N) is 20. The Hall–Kier alpha value is -16.8. The summed E-state index contributed by atoms with van der Waals surface area (Å²) in [6.45, 7) is -2.36. The van der Waals surface area contributed by atoms with Crippen molar-refractivity contribution in [2.75, 3.05) is 47.7 Å². The van der Waals surface area contributed by atoms with E-state index in [0.717, 1.165) is 40.5 Å². The molecule has 150 heavy (non-hydrogen) atoms. The van der Waals surface area contributed by atoms with E-state index in [4.69, 9.17) is 18.9 Å². The number of hydrogen-bond acceptors (Lipinski definition) is 32. The lowest BCUT2D eigenvalue weighted by molar-refractivity contribution is -0.0691. The van der Waals surface area contributed by atoms with E-state index >= 15 is 0 Å². The molecule has 4 saturated heterocycles. The highest BCUT2D eigenvalue weighted by Crippen LogP contribution is 2.75. The first-order chi connectivity index (χ1) is 72.8. The summed E-state index contributed by atoms with van der Waals surface area (Å²) >= 11 is 0. The van der Waals surface area contributed by atoms with Crippen LogP contribution in [0.2, 0.25) is 0 Å². The van der Waals surface area contributed by atoms with Crippen LogP contribution in [0.1, 0.15) is 151 Å². The van der Waals surface area contributed by atoms with Gasteiger partial charge in [-0.25, -0.2) is 37.9 Å². The molecule has 12 N–H and O–H groups in total. The fourth-order valence-electron chi connectivity index (χ4n) is 23.6. The Kier molecular flexibility index (Phi) is 25.2. The second kappa shape index (κ2) is 39.1. The number of aliphatic hydroxyl groups excluding tert-OH is 8. The largest absolute Gasteiger partial charge is 0.394 e. The fraction of sp³-hybridized carbons (Fsp3) is 0.283. The Bertz CT molecular complexity index is 7070. The predicted octanol–water partition coefficient (Wildman–Crippen LogP) is 6.36. The summed E-state index contributed by atoms with van der Waals surface area (Å²) in [5.74, 6) is -2.13. The monoisotopic (exact) mass is 2020 g/mol. The van der Waals surface area contributed by atoms with Crippen LogP contribution < -0.4 is 44.0 Å². The third kappa shape index (κ3) is 17.6. The zero-order chi connectivity index (χ0) is 103. The number of hydrogen-bond donors (Lipinski definition) is 12. The number of nitrogens with one attached hydrogen (secondary N) is 4. The molecule has 8 aromatic carbocycles. The van der Waals surface area contributed by atoms with Gasteiger partial charge in [0, 0.05) is 69.3 Å². The number of carbonyl (C=O) groups is 4. The molecule has 24 rings (SSSR count). The molecule has 4 saturated carbocycles. The maximum atomic E-state index is 13.7. The Balaban J connectivity index is 0.585. The van der Waals surface area contributed by atoms with Crippen molar-refractivity contribution in [2.45, 2.75) is 158 Å². The highest BCUT2D eigenvalue weighted by molar-refractivity contribution is 6.05. The van der Waals surface area contributed by atoms with Crippen molar-refractivity contribution in [1.29, 1.82) is 0 Å². The van der Waals surface area contributed by atoms with Crippen LogP contribution in [0.15, 0.2) is 311 Å². The minimum atomic E-state index is -1.48. The van der Waals surface area contributed by atoms with E-state index in [2.05, 4.69) is 131 Å². The minimum Gasteiger partial charge on any atom is -0.394 e. The van der Waals surface area contributed by atoms with E-state index in [1.807, 2.05) is 48.5 Å². The van der Waals surface area contributed by atoms with Crippen LogP contribution in [0, 0.1) is 0 Å². The topological polar surface area (TPSA) is 578 Å². The first kappa shape index (κ1) is 96.7. The van der Waals surface area contributed by atoms with Crippen LogP contribution >= 0.6 is 0 Å². The van der Waals surface area contributed by atoms with Gasteiger partial charge in [0.15, 0.2) is 24.9 Å². The first-order valence-corrected chi connectivity index (χ1v) is 48.6. The van der Waals surface area contributed by atoms with Gasteiger partial charge < -0.3 is 81.1 Å². The second-order valence-corrected chi connectivity index (χ2v) is 39.0. The zero-order valence-electron chi connectivity index (χ0n) is 79.4. The molecule has 4 aliphatic carbocycles. The average molecular weight is 2030 g/mol. The van der Waals surface area contributed by atoms with E-state index in [0.29, 0.717) is 106 Å². The van der Waals surface area contributed by atoms with Crippen LogP contribution in [0.25, 0.3) is 45.0 Å². The standard InChI is InChI=1S/C106H96N24O20/c131-49-75-83(87(135)95(147-75)123-41-37-79(111-99(123)143)107-91(139)63-13-5-1-6-14-63)127-45-71(115-119-127)59-21-29-67(30-22-59)103-53-104(68-31-23-60(24-32-68)72-46-128(120-116-72)84-76(50-132)148-96(88(84)136)124-42-38-80(112-100(124)144)108-92(140)64-15-7-2-8-16-64)56-105(54-103,69-33-25-61(26-34-69)73-47-129(121-117-73)85-77(51-133)149-97(89(85)137)125-43-39-81(113-101(125)145)109-93(141)65-17-9-3-10-18-65)58-106(55-103,57-104)70-35-27-62(28-36-70)74-48-130(122-118-74)86-78(52-134)150-98(90(86)138)126-44-40-82(114-102(126)146)110-94(142)66-19-11-4-12-20-66/h1-48,75-78,83-90,95-98,131-138H,49-58H2,(H,107,111,139,143)(H,108,112,140,144)(H,109,113,141,145)(H,110,114,142,146)/t75-,76-,77-,78-,83-,84-,85-,86-,87-,88-,89-,90-,95-,96-,97-,98-,103?,104?,105?,106?/m1/s1. The molecular weight excluding hydrogens is 1930 g/mol. The highest BCUT2D eigenvalue weighted by atomic mass is 16.6. The third-order valence-electron chi connectivity index (χ3n) is 30.1. The molecule has 0 radical (unpaired) electrons. The number of rotatable bonds is 28. The lowest BCUT2D eigenvalue weighted by atomic mass is 9.32. The fourth-order valence-corrected chi connectivity index (χ4v) is 23.6. The molecule has 0 spiro atoms. The molecule has 4 bridgehead atoms. The Morgan fingerprint density at radius 1 is 0.280 bits per heavy atom. The molecular formula is C106H96N24O20. The average Bonchev–Trinajstić information content (AvgIpc) is 0.744. The van der Waals surface area contributed by atoms with Gasteiger partial charge in [-0.1, -0.05) is 191 Å². The maximum absolute atomic E-state index is 13.7. The molecule has 0 unspecified atom stereocenters. The van der Waals surface area contributed by atoms with Gasteiger partial charge in [0.25, 0.3) is 23.6 Å². The summed E-state index contributed by atoms with van der Waals surface area (Å²) in [5, 5.41) is 139. The van der Waals surface area contributed by atoms with Crippen LogP contribution in [-0.2, 0) is 40.6 Å². The van der Waals surface area contributed by atoms with E-state index < -0.39 is 192 Å². The Labute approximate surface area is 849 Å². The molecule has 8 aliphatic rings. The summed E-state index contributed by atoms with van der Waals surface area (Å²) in [6.07, 6.45) is -0.0480. The van der Waals surface area contributed by atoms with Crippen molar-refractivity contribution in [3.05, 3.63) is 379 Å². The van der Waals surface area contributed by atoms with Gasteiger partial charge in [-0.3, -0.25) is 37.4 Å². The summed E-state index contributed by atoms with van der Waals surface area (Å²) < 4.78 is 34.7. The van der Waals surface area contributed by atoms with E-state index in [9.17, 15) is 79.2 Å². The summed E-state index contributed by atoms with van der Waals surface area (Å²) in [6, 6.07) is 67.6. The van der Waals surface area contributed by atoms with Gasteiger partial charge in [0.1, 0.15) is 119 Å². The Morgan fingerprint density at radius 3 is 0.653 bits per heavy atom. The van der Waals surface area contributed by atoms with E-state index in [-0.39, 0.29) is 23.3 Å². The molecule has 12 heterocycles. The molecule has 44 heteroatoms. The zero-order valence-corrected chi connectivity index (χ0v) is 79.4. The van der Waals surface area contributed by atoms with Crippen LogP contribution in [-0.4, -0.2) is 238 Å². The molecule has 8 aromatic heterocycles. The predicted molar refractivity (Wildman–Crippen MR) is 532 cm³/mol. The number of anilines is 4. The smallest absolute Gasteiger partial charge is 0.351 e. The molecule has 16 atom stereocenters. The van der Waals surface area contributed by atoms with E-state index in [1.165, 1.54) is 67.8 Å². The van der Waals surface area contributed by atoms with Gasteiger partial charge >= 0.3 is 22.8 Å². The summed E-state index contributed by atoms with van der Waals surface area (Å²) in [5.41, 5.74) is 3.48. The van der Waals surface area contributed by atoms with Crippen molar-refractivity contribution in [1.82, 2.24) is 98.2 Å². The first-order valence-electron chi connectivity index (χ1n) is 48.6. The van der Waals surface area contributed by atoms with Crippen LogP contribution in [0.4, 0.5) is 23.3 Å². The van der Waals surface area contributed by atoms with Crippen molar-refractivity contribution in [3.8, 4) is 45.0 Å². The van der Waals surface area contributed by atoms with E-state index in [1.54, 1.807) is 146 Å². The quantitative estimate of drug-likeness (QED) is 0.0254. The summed E-state index contributed by atoms with van der Waals surface area (Å²) in [7, 11) is 0. The molecule has 760 valence electrons. The maximum Gasteiger partial charge on any atom is 0.351 e. The number of aliphatic hydroxyl groups is 8. The van der Waals surface area contributed by atoms with Crippen molar-refractivity contribution >= 4 is 46.9 Å². The molecule has 4 aliphatic heterocycles. The molecule has 44 nitrogen and oxygen atoms in total. The lowest BCUT2D eigenvalue weighted by Crippen LogP contribution is -2.67. The third-order valence-corrected chi connectivity index (χ3v) is 30.1. The number of benzene rings is 8. The number of amides is 4. The summed E-state index contributed by atoms with van der Waals surface area (Å²) in [4.78, 5) is 123. The molecule has 4 amide bonds. The normalized spacial score (nSPS) is 26.6. The highest BCUT2D eigenvalue weighted by Gasteiger charge is 2.70. The number of ether oxygens (including phenoxy) is 4.